The van der Waals surface area contributed by atoms with Gasteiger partial charge in [-0.3, -0.25) is 9.59 Å². The average molecular weight is 404 g/mol. The van der Waals surface area contributed by atoms with Crippen molar-refractivity contribution in [3.63, 3.8) is 0 Å². The smallest absolute Gasteiger partial charge is 0.261 e. The van der Waals surface area contributed by atoms with Crippen molar-refractivity contribution in [2.45, 2.75) is 19.5 Å². The zero-order valence-electron chi connectivity index (χ0n) is 15.8. The van der Waals surface area contributed by atoms with Gasteiger partial charge in [0.1, 0.15) is 11.3 Å². The Morgan fingerprint density at radius 1 is 1.00 bits per heavy atom. The van der Waals surface area contributed by atoms with E-state index in [-0.39, 0.29) is 17.9 Å². The van der Waals surface area contributed by atoms with Crippen LogP contribution >= 0.6 is 11.3 Å². The van der Waals surface area contributed by atoms with E-state index >= 15 is 0 Å². The molecule has 0 aliphatic carbocycles. The van der Waals surface area contributed by atoms with Gasteiger partial charge < -0.3 is 15.1 Å². The van der Waals surface area contributed by atoms with Gasteiger partial charge >= 0.3 is 0 Å². The van der Waals surface area contributed by atoms with Gasteiger partial charge in [-0.15, -0.1) is 11.3 Å². The van der Waals surface area contributed by atoms with Crippen LogP contribution in [0.5, 0.6) is 0 Å². The predicted molar refractivity (Wildman–Crippen MR) is 114 cm³/mol. The van der Waals surface area contributed by atoms with Gasteiger partial charge in [-0.25, -0.2) is 0 Å². The number of nitrogens with one attached hydrogen (secondary N) is 2. The van der Waals surface area contributed by atoms with Crippen molar-refractivity contribution < 1.29 is 14.0 Å². The number of hydrogen-bond acceptors (Lipinski definition) is 4. The number of hydrogen-bond donors (Lipinski definition) is 2. The van der Waals surface area contributed by atoms with E-state index in [9.17, 15) is 9.59 Å². The number of benzene rings is 2. The summed E-state index contributed by atoms with van der Waals surface area (Å²) in [6, 6.07) is 20.3. The molecule has 5 nitrogen and oxygen atoms in total. The van der Waals surface area contributed by atoms with Crippen LogP contribution in [0.2, 0.25) is 0 Å². The first kappa shape index (κ1) is 19.0. The number of carbonyl (C=O) groups is 2. The molecule has 2 aromatic heterocycles. The molecule has 0 unspecified atom stereocenters. The largest absolute Gasteiger partial charge is 0.459 e. The third-order valence-corrected chi connectivity index (χ3v) is 5.50. The maximum absolute atomic E-state index is 12.6. The fourth-order valence-corrected chi connectivity index (χ4v) is 3.66. The van der Waals surface area contributed by atoms with Gasteiger partial charge in [0.15, 0.2) is 0 Å². The number of carbonyl (C=O) groups excluding carboxylic acids is 2. The zero-order valence-corrected chi connectivity index (χ0v) is 16.7. The molecule has 0 aliphatic heterocycles. The van der Waals surface area contributed by atoms with Crippen molar-refractivity contribution in [1.29, 1.82) is 0 Å². The van der Waals surface area contributed by atoms with Crippen LogP contribution < -0.4 is 10.6 Å². The molecule has 0 aliphatic rings. The highest BCUT2D eigenvalue weighted by atomic mass is 32.1. The minimum absolute atomic E-state index is 0.0959. The molecule has 0 fully saturated rings. The summed E-state index contributed by atoms with van der Waals surface area (Å²) in [5.74, 6) is 0.445. The van der Waals surface area contributed by atoms with E-state index in [4.69, 9.17) is 4.42 Å². The van der Waals surface area contributed by atoms with Crippen LogP contribution in [0.15, 0.2) is 76.5 Å². The fraction of sp³-hybridized carbons (Fsp3) is 0.130. The summed E-state index contributed by atoms with van der Waals surface area (Å²) in [6.45, 7) is 2.30. The molecule has 146 valence electrons. The van der Waals surface area contributed by atoms with Crippen LogP contribution in [0.3, 0.4) is 0 Å². The molecule has 29 heavy (non-hydrogen) atoms. The van der Waals surface area contributed by atoms with Crippen molar-refractivity contribution in [3.8, 4) is 0 Å². The lowest BCUT2D eigenvalue weighted by Gasteiger charge is -2.12. The Morgan fingerprint density at radius 2 is 1.79 bits per heavy atom. The van der Waals surface area contributed by atoms with Crippen molar-refractivity contribution in [2.75, 3.05) is 0 Å². The van der Waals surface area contributed by atoms with Gasteiger partial charge in [-0.05, 0) is 48.2 Å². The second kappa shape index (κ2) is 8.32. The lowest BCUT2D eigenvalue weighted by molar-refractivity contribution is 0.0932. The molecule has 4 rings (SSSR count). The minimum atomic E-state index is -0.250. The minimum Gasteiger partial charge on any atom is -0.459 e. The predicted octanol–water partition coefficient (Wildman–Crippen LogP) is 4.92. The van der Waals surface area contributed by atoms with Crippen LogP contribution in [-0.4, -0.2) is 11.8 Å². The third kappa shape index (κ3) is 4.38. The lowest BCUT2D eigenvalue weighted by Crippen LogP contribution is -2.26. The summed E-state index contributed by atoms with van der Waals surface area (Å²) in [5, 5.41) is 8.72. The number of para-hydroxylation sites is 1. The van der Waals surface area contributed by atoms with E-state index in [1.165, 1.54) is 11.3 Å². The van der Waals surface area contributed by atoms with E-state index < -0.39 is 0 Å². The number of fused-ring (bicyclic) bond motifs is 1. The van der Waals surface area contributed by atoms with Crippen LogP contribution in [0.25, 0.3) is 11.0 Å². The number of furan rings is 1. The molecule has 1 atom stereocenters. The number of rotatable bonds is 6. The molecule has 6 heteroatoms. The van der Waals surface area contributed by atoms with Gasteiger partial charge in [0.25, 0.3) is 11.8 Å². The SMILES string of the molecule is C[C@@H](NC(=O)c1ccc(CNC(=O)c2cccs2)cc1)c1cc2ccccc2o1. The summed E-state index contributed by atoms with van der Waals surface area (Å²) in [7, 11) is 0. The van der Waals surface area contributed by atoms with Crippen LogP contribution in [-0.2, 0) is 6.54 Å². The van der Waals surface area contributed by atoms with Gasteiger partial charge in [0.2, 0.25) is 0 Å². The molecule has 0 bridgehead atoms. The standard InChI is InChI=1S/C23H20N2O3S/c1-15(20-13-18-5-2-3-6-19(18)28-20)25-22(26)17-10-8-16(9-11-17)14-24-23(27)21-7-4-12-29-21/h2-13,15H,14H2,1H3,(H,24,27)(H,25,26)/t15-/m1/s1. The van der Waals surface area contributed by atoms with Crippen LogP contribution in [0.4, 0.5) is 0 Å². The fourth-order valence-electron chi connectivity index (χ4n) is 3.02. The Hall–Kier alpha value is -3.38. The molecule has 2 amide bonds. The average Bonchev–Trinajstić information content (AvgIpc) is 3.42. The van der Waals surface area contributed by atoms with Crippen molar-refractivity contribution in [1.82, 2.24) is 10.6 Å². The first-order valence-corrected chi connectivity index (χ1v) is 10.2. The molecule has 2 N–H and O–H groups in total. The number of thiophene rings is 1. The first-order chi connectivity index (χ1) is 14.1. The van der Waals surface area contributed by atoms with Crippen LogP contribution in [0, 0.1) is 0 Å². The van der Waals surface area contributed by atoms with Gasteiger partial charge in [-0.2, -0.15) is 0 Å². The number of amides is 2. The second-order valence-corrected chi connectivity index (χ2v) is 7.69. The van der Waals surface area contributed by atoms with Crippen molar-refractivity contribution >= 4 is 34.1 Å². The van der Waals surface area contributed by atoms with Crippen molar-refractivity contribution in [3.05, 3.63) is 93.9 Å². The highest BCUT2D eigenvalue weighted by Gasteiger charge is 2.15. The zero-order chi connectivity index (χ0) is 20.2. The van der Waals surface area contributed by atoms with Gasteiger partial charge in [0, 0.05) is 17.5 Å². The van der Waals surface area contributed by atoms with E-state index in [0.29, 0.717) is 22.7 Å². The first-order valence-electron chi connectivity index (χ1n) is 9.30. The normalized spacial score (nSPS) is 11.9. The van der Waals surface area contributed by atoms with Gasteiger partial charge in [0.05, 0.1) is 10.9 Å². The molecule has 0 saturated carbocycles. The van der Waals surface area contributed by atoms with E-state index in [0.717, 1.165) is 16.5 Å². The molecular weight excluding hydrogens is 384 g/mol. The van der Waals surface area contributed by atoms with E-state index in [1.54, 1.807) is 18.2 Å². The summed E-state index contributed by atoms with van der Waals surface area (Å²) in [5.41, 5.74) is 2.29. The quantitative estimate of drug-likeness (QED) is 0.479. The Labute approximate surface area is 172 Å². The Kier molecular flexibility index (Phi) is 5.44. The molecule has 2 aromatic carbocycles. The molecule has 0 saturated heterocycles. The Morgan fingerprint density at radius 3 is 2.52 bits per heavy atom. The second-order valence-electron chi connectivity index (χ2n) is 6.74. The highest BCUT2D eigenvalue weighted by molar-refractivity contribution is 7.12. The third-order valence-electron chi connectivity index (χ3n) is 4.63. The molecule has 0 spiro atoms. The summed E-state index contributed by atoms with van der Waals surface area (Å²) >= 11 is 1.40. The van der Waals surface area contributed by atoms with Crippen molar-refractivity contribution in [2.24, 2.45) is 0 Å². The lowest BCUT2D eigenvalue weighted by atomic mass is 10.1. The van der Waals surface area contributed by atoms with Crippen LogP contribution in [0.1, 0.15) is 44.3 Å². The topological polar surface area (TPSA) is 71.3 Å². The Balaban J connectivity index is 1.35. The highest BCUT2D eigenvalue weighted by Crippen LogP contribution is 2.23. The monoisotopic (exact) mass is 404 g/mol. The molecular formula is C23H20N2O3S. The summed E-state index contributed by atoms with van der Waals surface area (Å²) < 4.78 is 5.82. The molecule has 2 heterocycles. The van der Waals surface area contributed by atoms with E-state index in [1.807, 2.05) is 60.8 Å². The maximum Gasteiger partial charge on any atom is 0.261 e. The summed E-state index contributed by atoms with van der Waals surface area (Å²) in [6.07, 6.45) is 0. The Bertz CT molecular complexity index is 1100. The van der Waals surface area contributed by atoms with E-state index in [2.05, 4.69) is 10.6 Å². The molecule has 4 aromatic rings. The van der Waals surface area contributed by atoms with Gasteiger partial charge in [-0.1, -0.05) is 36.4 Å². The molecule has 0 radical (unpaired) electrons. The maximum atomic E-state index is 12.6. The summed E-state index contributed by atoms with van der Waals surface area (Å²) in [4.78, 5) is 25.2.